The number of aryl methyl sites for hydroxylation is 2. The van der Waals surface area contributed by atoms with Gasteiger partial charge in [-0.15, -0.1) is 11.6 Å². The predicted molar refractivity (Wildman–Crippen MR) is 64.7 cm³/mol. The van der Waals surface area contributed by atoms with Gasteiger partial charge in [-0.25, -0.2) is 0 Å². The second-order valence-corrected chi connectivity index (χ2v) is 6.07. The fraction of sp³-hybridized carbons (Fsp3) is 0.400. The first-order valence-corrected chi connectivity index (χ1v) is 5.93. The van der Waals surface area contributed by atoms with Crippen molar-refractivity contribution in [3.05, 3.63) is 34.9 Å². The number of benzene rings is 1. The molecule has 0 saturated carbocycles. The van der Waals surface area contributed by atoms with Gasteiger partial charge in [0.15, 0.2) is 4.33 Å². The molecule has 0 aliphatic heterocycles. The van der Waals surface area contributed by atoms with Gasteiger partial charge in [0.1, 0.15) is 0 Å². The van der Waals surface area contributed by atoms with Gasteiger partial charge in [0, 0.05) is 0 Å². The molecule has 1 unspecified atom stereocenters. The molecule has 1 aromatic carbocycles. The van der Waals surface area contributed by atoms with Crippen LogP contribution < -0.4 is 0 Å². The summed E-state index contributed by atoms with van der Waals surface area (Å²) in [6, 6.07) is 5.94. The van der Waals surface area contributed by atoms with Crippen LogP contribution in [0.4, 0.5) is 0 Å². The summed E-state index contributed by atoms with van der Waals surface area (Å²) in [7, 11) is 3.24. The molecule has 1 atom stereocenters. The first-order valence-electron chi connectivity index (χ1n) is 4.16. The second kappa shape index (κ2) is 4.44. The summed E-state index contributed by atoms with van der Waals surface area (Å²) < 4.78 is -1.10. The van der Waals surface area contributed by atoms with Crippen molar-refractivity contribution in [2.75, 3.05) is 0 Å². The van der Waals surface area contributed by atoms with E-state index in [1.165, 1.54) is 0 Å². The van der Waals surface area contributed by atoms with E-state index in [4.69, 9.17) is 34.8 Å². The van der Waals surface area contributed by atoms with Crippen LogP contribution in [0.25, 0.3) is 0 Å². The van der Waals surface area contributed by atoms with Crippen molar-refractivity contribution < 1.29 is 0 Å². The fourth-order valence-electron chi connectivity index (χ4n) is 1.23. The summed E-state index contributed by atoms with van der Waals surface area (Å²) in [5, 5.41) is -0.522. The van der Waals surface area contributed by atoms with Gasteiger partial charge in [-0.3, -0.25) is 0 Å². The van der Waals surface area contributed by atoms with Crippen molar-refractivity contribution in [3.8, 4) is 0 Å². The highest BCUT2D eigenvalue weighted by Gasteiger charge is 2.33. The van der Waals surface area contributed by atoms with E-state index in [2.05, 4.69) is 10.2 Å². The molecule has 0 N–H and O–H groups in total. The second-order valence-electron chi connectivity index (χ2n) is 3.30. The monoisotopic (exact) mass is 263 g/mol. The molecule has 3 radical (unpaired) electrons. The van der Waals surface area contributed by atoms with E-state index in [1.54, 1.807) is 0 Å². The van der Waals surface area contributed by atoms with Crippen LogP contribution in [-0.2, 0) is 4.33 Å². The average Bonchev–Trinajstić information content (AvgIpc) is 2.08. The molecule has 0 fully saturated rings. The van der Waals surface area contributed by atoms with Crippen LogP contribution in [-0.4, -0.2) is 15.2 Å². The lowest BCUT2D eigenvalue weighted by Gasteiger charge is -2.25. The summed E-state index contributed by atoms with van der Waals surface area (Å²) in [5.74, 6) is 0. The van der Waals surface area contributed by atoms with E-state index in [0.717, 1.165) is 16.7 Å². The molecule has 0 nitrogen and oxygen atoms in total. The molecule has 0 heterocycles. The predicted octanol–water partition coefficient (Wildman–Crippen LogP) is 3.67. The molecule has 0 aliphatic rings. The Morgan fingerprint density at radius 2 is 1.86 bits per heavy atom. The first-order chi connectivity index (χ1) is 6.35. The Hall–Kier alpha value is 0.307. The van der Waals surface area contributed by atoms with E-state index < -0.39 is 9.33 Å². The van der Waals surface area contributed by atoms with Gasteiger partial charge in [-0.05, 0) is 25.0 Å². The van der Waals surface area contributed by atoms with E-state index >= 15 is 0 Å². The third-order valence-electron chi connectivity index (χ3n) is 2.07. The van der Waals surface area contributed by atoms with E-state index in [9.17, 15) is 0 Å². The number of hydrogen-bond acceptors (Lipinski definition) is 0. The normalized spacial score (nSPS) is 14.1. The Labute approximate surface area is 103 Å². The van der Waals surface area contributed by atoms with Crippen LogP contribution in [0.2, 0.25) is 0 Å². The lowest BCUT2D eigenvalue weighted by molar-refractivity contribution is 0.916. The lowest BCUT2D eigenvalue weighted by Crippen LogP contribution is -2.25. The highest BCUT2D eigenvalue weighted by atomic mass is 35.5. The smallest absolute Gasteiger partial charge is 0.124 e. The molecule has 0 amide bonds. The van der Waals surface area contributed by atoms with Gasteiger partial charge >= 0.3 is 0 Å². The Balaban J connectivity index is 3.24. The minimum atomic E-state index is -1.10. The van der Waals surface area contributed by atoms with Crippen LogP contribution in [0.3, 0.4) is 0 Å². The Bertz CT molecular complexity index is 334. The maximum absolute atomic E-state index is 6.16. The largest absolute Gasteiger partial charge is 0.156 e. The van der Waals surface area contributed by atoms with Crippen LogP contribution in [0, 0.1) is 13.8 Å². The van der Waals surface area contributed by atoms with E-state index in [1.807, 2.05) is 32.0 Å². The summed E-state index contributed by atoms with van der Waals surface area (Å²) in [4.78, 5) is 0. The quantitative estimate of drug-likeness (QED) is 0.565. The van der Waals surface area contributed by atoms with Crippen molar-refractivity contribution >= 4 is 45.0 Å². The highest BCUT2D eigenvalue weighted by molar-refractivity contribution is 6.58. The zero-order valence-electron chi connectivity index (χ0n) is 7.94. The summed E-state index contributed by atoms with van der Waals surface area (Å²) in [6.45, 7) is 3.95. The highest BCUT2D eigenvalue weighted by Crippen LogP contribution is 2.40. The molecule has 0 saturated heterocycles. The maximum atomic E-state index is 6.16. The molecule has 1 aromatic rings. The van der Waals surface area contributed by atoms with Gasteiger partial charge in [-0.2, -0.15) is 0 Å². The number of alkyl halides is 3. The zero-order valence-corrected chi connectivity index (χ0v) is 11.2. The van der Waals surface area contributed by atoms with Crippen molar-refractivity contribution in [3.63, 3.8) is 0 Å². The lowest BCUT2D eigenvalue weighted by atomic mass is 10.0. The van der Waals surface area contributed by atoms with E-state index in [0.29, 0.717) is 0 Å². The zero-order chi connectivity index (χ0) is 10.9. The molecule has 4 heteroatoms. The molecular weight excluding hydrogens is 255 g/mol. The van der Waals surface area contributed by atoms with Crippen LogP contribution in [0.5, 0.6) is 0 Å². The Kier molecular flexibility index (Phi) is 3.92. The van der Waals surface area contributed by atoms with Crippen molar-refractivity contribution in [1.29, 1.82) is 0 Å². The molecule has 0 spiro atoms. The SMILES string of the molecule is Cc1ccc(C)c(C(Cl)(Cl)C([Si])Cl)c1. The molecule has 75 valence electrons. The van der Waals surface area contributed by atoms with Crippen molar-refractivity contribution in [2.45, 2.75) is 23.2 Å². The van der Waals surface area contributed by atoms with Crippen molar-refractivity contribution in [2.24, 2.45) is 0 Å². The maximum Gasteiger partial charge on any atom is 0.156 e. The number of rotatable bonds is 2. The van der Waals surface area contributed by atoms with Crippen LogP contribution >= 0.6 is 34.8 Å². The Morgan fingerprint density at radius 1 is 1.29 bits per heavy atom. The topological polar surface area (TPSA) is 0 Å². The molecule has 0 aliphatic carbocycles. The van der Waals surface area contributed by atoms with Gasteiger partial charge in [0.05, 0.1) is 15.2 Å². The van der Waals surface area contributed by atoms with Gasteiger partial charge in [0.2, 0.25) is 0 Å². The fourth-order valence-corrected chi connectivity index (χ4v) is 1.91. The molecule has 1 rings (SSSR count). The van der Waals surface area contributed by atoms with Crippen LogP contribution in [0.1, 0.15) is 16.7 Å². The van der Waals surface area contributed by atoms with Gasteiger partial charge in [-0.1, -0.05) is 47.0 Å². The Morgan fingerprint density at radius 3 is 2.36 bits per heavy atom. The minimum Gasteiger partial charge on any atom is -0.124 e. The third kappa shape index (κ3) is 2.46. The third-order valence-corrected chi connectivity index (χ3v) is 4.26. The van der Waals surface area contributed by atoms with Gasteiger partial charge < -0.3 is 0 Å². The first kappa shape index (κ1) is 12.4. The van der Waals surface area contributed by atoms with E-state index in [-0.39, 0.29) is 0 Å². The average molecular weight is 265 g/mol. The number of hydrogen-bond donors (Lipinski definition) is 0. The molecule has 0 bridgehead atoms. The summed E-state index contributed by atoms with van der Waals surface area (Å²) in [6.07, 6.45) is 0. The van der Waals surface area contributed by atoms with Crippen LogP contribution in [0.15, 0.2) is 18.2 Å². The molecular formula is C10H10Cl3Si. The molecule has 0 aromatic heterocycles. The minimum absolute atomic E-state index is 0.522. The standard InChI is InChI=1S/C10H10Cl3Si/c1-6-3-4-7(2)8(5-6)10(12,13)9(11)14/h3-5,9H,1-2H3. The van der Waals surface area contributed by atoms with Gasteiger partial charge in [0.25, 0.3) is 0 Å². The number of halogens is 3. The molecule has 14 heavy (non-hydrogen) atoms. The summed E-state index contributed by atoms with van der Waals surface area (Å²) >= 11 is 18.2. The van der Waals surface area contributed by atoms with Crippen molar-refractivity contribution in [1.82, 2.24) is 0 Å². The summed E-state index contributed by atoms with van der Waals surface area (Å²) in [5.41, 5.74) is 2.99.